The van der Waals surface area contributed by atoms with Gasteiger partial charge in [0.1, 0.15) is 11.5 Å². The standard InChI is InChI=1S/C27H27N5O4/c1-15(2)14-32-25(35)27(24(34)29-26(32)36)13-19-22(28-21-16(3)7-6-11-31(21)23(19)33)30-12-10-17-8-4-5-9-18(17)20(27)30/h4-9,11,15,20H,10,12-14H2,1-3H3,(H,29,34,36)/t20-,27-/m0/s1. The lowest BCUT2D eigenvalue weighted by molar-refractivity contribution is -0.154. The predicted molar refractivity (Wildman–Crippen MR) is 133 cm³/mol. The second kappa shape index (κ2) is 7.74. The molecule has 0 aliphatic carbocycles. The fourth-order valence-corrected chi connectivity index (χ4v) is 6.05. The van der Waals surface area contributed by atoms with Crippen molar-refractivity contribution < 1.29 is 14.4 Å². The molecule has 4 amide bonds. The van der Waals surface area contributed by atoms with Crippen molar-refractivity contribution in [2.45, 2.75) is 39.7 Å². The van der Waals surface area contributed by atoms with Crippen LogP contribution < -0.4 is 15.8 Å². The Morgan fingerprint density at radius 2 is 1.89 bits per heavy atom. The van der Waals surface area contributed by atoms with Crippen LogP contribution in [0.2, 0.25) is 0 Å². The van der Waals surface area contributed by atoms with Gasteiger partial charge in [0.2, 0.25) is 11.8 Å². The first-order valence-corrected chi connectivity index (χ1v) is 12.3. The van der Waals surface area contributed by atoms with E-state index in [4.69, 9.17) is 4.98 Å². The van der Waals surface area contributed by atoms with Gasteiger partial charge in [-0.25, -0.2) is 9.78 Å². The van der Waals surface area contributed by atoms with Crippen LogP contribution in [0.4, 0.5) is 10.6 Å². The van der Waals surface area contributed by atoms with Gasteiger partial charge < -0.3 is 4.90 Å². The molecule has 3 aliphatic rings. The van der Waals surface area contributed by atoms with Crippen LogP contribution in [0.3, 0.4) is 0 Å². The van der Waals surface area contributed by atoms with Crippen molar-refractivity contribution in [2.24, 2.45) is 11.3 Å². The molecule has 1 N–H and O–H groups in total. The van der Waals surface area contributed by atoms with Crippen LogP contribution in [0, 0.1) is 18.3 Å². The molecule has 5 heterocycles. The number of hydrogen-bond donors (Lipinski definition) is 1. The van der Waals surface area contributed by atoms with Crippen molar-refractivity contribution in [2.75, 3.05) is 18.0 Å². The van der Waals surface area contributed by atoms with Crippen LogP contribution in [0.15, 0.2) is 47.4 Å². The van der Waals surface area contributed by atoms with E-state index in [1.165, 1.54) is 4.40 Å². The van der Waals surface area contributed by atoms with Gasteiger partial charge in [0.05, 0.1) is 11.6 Å². The van der Waals surface area contributed by atoms with Crippen LogP contribution in [-0.2, 0) is 22.4 Å². The number of urea groups is 1. The monoisotopic (exact) mass is 485 g/mol. The van der Waals surface area contributed by atoms with Gasteiger partial charge in [0.25, 0.3) is 5.56 Å². The maximum absolute atomic E-state index is 14.3. The molecule has 6 rings (SSSR count). The third-order valence-electron chi connectivity index (χ3n) is 7.64. The van der Waals surface area contributed by atoms with E-state index in [-0.39, 0.29) is 24.4 Å². The Morgan fingerprint density at radius 1 is 1.11 bits per heavy atom. The normalized spacial score (nSPS) is 23.1. The molecular formula is C27H27N5O4. The van der Waals surface area contributed by atoms with Crippen molar-refractivity contribution in [1.29, 1.82) is 0 Å². The summed E-state index contributed by atoms with van der Waals surface area (Å²) in [7, 11) is 0. The molecule has 2 atom stereocenters. The molecule has 2 aromatic heterocycles. The zero-order valence-electron chi connectivity index (χ0n) is 20.4. The lowest BCUT2D eigenvalue weighted by Gasteiger charge is -2.53. The second-order valence-corrected chi connectivity index (χ2v) is 10.4. The molecule has 0 radical (unpaired) electrons. The number of fused-ring (bicyclic) bond motifs is 7. The van der Waals surface area contributed by atoms with Crippen molar-refractivity contribution in [1.82, 2.24) is 19.6 Å². The fraction of sp³-hybridized carbons (Fsp3) is 0.370. The number of hydrogen-bond acceptors (Lipinski definition) is 6. The van der Waals surface area contributed by atoms with Crippen molar-refractivity contribution >= 4 is 29.3 Å². The fourth-order valence-electron chi connectivity index (χ4n) is 6.05. The molecular weight excluding hydrogens is 458 g/mol. The van der Waals surface area contributed by atoms with Crippen molar-refractivity contribution in [3.8, 4) is 0 Å². The van der Waals surface area contributed by atoms with E-state index in [1.54, 1.807) is 12.3 Å². The lowest BCUT2D eigenvalue weighted by Crippen LogP contribution is -2.70. The first-order valence-electron chi connectivity index (χ1n) is 12.3. The van der Waals surface area contributed by atoms with Crippen molar-refractivity contribution in [3.63, 3.8) is 0 Å². The number of pyridine rings is 1. The summed E-state index contributed by atoms with van der Waals surface area (Å²) >= 11 is 0. The number of carbonyl (C=O) groups excluding carboxylic acids is 3. The predicted octanol–water partition coefficient (Wildman–Crippen LogP) is 2.38. The molecule has 1 fully saturated rings. The summed E-state index contributed by atoms with van der Waals surface area (Å²) in [6, 6.07) is 10.0. The maximum Gasteiger partial charge on any atom is 0.330 e. The highest BCUT2D eigenvalue weighted by Crippen LogP contribution is 2.52. The van der Waals surface area contributed by atoms with E-state index in [0.29, 0.717) is 30.0 Å². The molecule has 1 saturated heterocycles. The summed E-state index contributed by atoms with van der Waals surface area (Å²) in [5.41, 5.74) is 1.63. The average molecular weight is 486 g/mol. The number of nitrogens with zero attached hydrogens (tertiary/aromatic N) is 4. The minimum atomic E-state index is -1.68. The molecule has 0 unspecified atom stereocenters. The molecule has 9 heteroatoms. The Bertz CT molecular complexity index is 1530. The summed E-state index contributed by atoms with van der Waals surface area (Å²) in [6.45, 7) is 6.38. The number of imide groups is 2. The van der Waals surface area contributed by atoms with Gasteiger partial charge in [0, 0.05) is 25.7 Å². The van der Waals surface area contributed by atoms with E-state index in [1.807, 2.05) is 56.0 Å². The Hall–Kier alpha value is -4.01. The lowest BCUT2D eigenvalue weighted by atomic mass is 9.65. The number of benzene rings is 1. The summed E-state index contributed by atoms with van der Waals surface area (Å²) in [5, 5.41) is 2.46. The van der Waals surface area contributed by atoms with Gasteiger partial charge in [-0.3, -0.25) is 29.0 Å². The smallest absolute Gasteiger partial charge is 0.330 e. The van der Waals surface area contributed by atoms with Crippen LogP contribution in [0.25, 0.3) is 5.65 Å². The second-order valence-electron chi connectivity index (χ2n) is 10.4. The molecule has 0 bridgehead atoms. The van der Waals surface area contributed by atoms with E-state index in [9.17, 15) is 19.2 Å². The number of aromatic nitrogens is 2. The zero-order valence-corrected chi connectivity index (χ0v) is 20.4. The van der Waals surface area contributed by atoms with Gasteiger partial charge in [-0.05, 0) is 42.0 Å². The number of aryl methyl sites for hydroxylation is 1. The topological polar surface area (TPSA) is 104 Å². The minimum Gasteiger partial charge on any atom is -0.347 e. The molecule has 0 saturated carbocycles. The van der Waals surface area contributed by atoms with E-state index >= 15 is 0 Å². The highest BCUT2D eigenvalue weighted by molar-refractivity contribution is 6.20. The minimum absolute atomic E-state index is 0.00906. The van der Waals surface area contributed by atoms with Gasteiger partial charge in [-0.2, -0.15) is 0 Å². The number of anilines is 1. The van der Waals surface area contributed by atoms with Crippen LogP contribution in [0.5, 0.6) is 0 Å². The Balaban J connectivity index is 1.66. The summed E-state index contributed by atoms with van der Waals surface area (Å²) in [6.07, 6.45) is 2.20. The highest BCUT2D eigenvalue weighted by atomic mass is 16.2. The zero-order chi connectivity index (χ0) is 25.4. The summed E-state index contributed by atoms with van der Waals surface area (Å²) < 4.78 is 1.47. The van der Waals surface area contributed by atoms with Crippen LogP contribution in [-0.4, -0.2) is 45.2 Å². The molecule has 184 valence electrons. The molecule has 3 aromatic rings. The van der Waals surface area contributed by atoms with E-state index in [0.717, 1.165) is 21.6 Å². The van der Waals surface area contributed by atoms with Gasteiger partial charge >= 0.3 is 6.03 Å². The van der Waals surface area contributed by atoms with Gasteiger partial charge in [0.15, 0.2) is 5.41 Å². The third kappa shape index (κ3) is 2.91. The Labute approximate surface area is 207 Å². The number of carbonyl (C=O) groups is 3. The largest absolute Gasteiger partial charge is 0.347 e. The Kier molecular flexibility index (Phi) is 4.83. The third-order valence-corrected chi connectivity index (χ3v) is 7.64. The summed E-state index contributed by atoms with van der Waals surface area (Å²) in [4.78, 5) is 62.6. The van der Waals surface area contributed by atoms with Crippen molar-refractivity contribution in [3.05, 3.63) is 75.2 Å². The molecule has 36 heavy (non-hydrogen) atoms. The quantitative estimate of drug-likeness (QED) is 0.559. The SMILES string of the molecule is Cc1cccn2c(=O)c3c(nc12)N1CCc2ccccc2[C@H]1[C@@]1(C3)C(=O)NC(=O)N(CC(C)C)C1=O. The average Bonchev–Trinajstić information content (AvgIpc) is 2.86. The highest BCUT2D eigenvalue weighted by Gasteiger charge is 2.64. The van der Waals surface area contributed by atoms with E-state index < -0.39 is 29.3 Å². The van der Waals surface area contributed by atoms with Crippen LogP contribution >= 0.6 is 0 Å². The summed E-state index contributed by atoms with van der Waals surface area (Å²) in [5.74, 6) is -0.707. The first kappa shape index (κ1) is 22.5. The Morgan fingerprint density at radius 3 is 2.67 bits per heavy atom. The molecule has 9 nitrogen and oxygen atoms in total. The van der Waals surface area contributed by atoms with Gasteiger partial charge in [-0.1, -0.05) is 44.2 Å². The number of barbiturate groups is 1. The number of nitrogens with one attached hydrogen (secondary N) is 1. The maximum atomic E-state index is 14.3. The first-order chi connectivity index (χ1) is 17.2. The van der Waals surface area contributed by atoms with E-state index in [2.05, 4.69) is 5.32 Å². The number of rotatable bonds is 2. The molecule has 1 aromatic carbocycles. The number of amides is 4. The molecule has 1 spiro atoms. The van der Waals surface area contributed by atoms with Gasteiger partial charge in [-0.15, -0.1) is 0 Å². The van der Waals surface area contributed by atoms with Crippen LogP contribution in [0.1, 0.15) is 42.1 Å². The molecule has 3 aliphatic heterocycles.